The van der Waals surface area contributed by atoms with E-state index in [0.717, 1.165) is 59.0 Å². The zero-order valence-electron chi connectivity index (χ0n) is 22.7. The van der Waals surface area contributed by atoms with Gasteiger partial charge in [-0.2, -0.15) is 0 Å². The van der Waals surface area contributed by atoms with Crippen molar-refractivity contribution in [3.63, 3.8) is 0 Å². The molecule has 1 saturated heterocycles. The SMILES string of the molecule is O=C(O)c1cc(OC2CCCC2)ccc1CCC1(c2cccc(/C=C/c3ccc4ccc(Cl)cc4n3)c2)OCCO1. The van der Waals surface area contributed by atoms with Gasteiger partial charge in [0.1, 0.15) is 5.75 Å². The Hall–Kier alpha value is -3.71. The molecule has 0 unspecified atom stereocenters. The summed E-state index contributed by atoms with van der Waals surface area (Å²) in [6, 6.07) is 23.1. The molecule has 1 N–H and O–H groups in total. The van der Waals surface area contributed by atoms with Crippen molar-refractivity contribution < 1.29 is 24.1 Å². The number of hydrogen-bond acceptors (Lipinski definition) is 5. The number of aromatic carboxylic acids is 1. The number of fused-ring (bicyclic) bond motifs is 1. The standard InChI is InChI=1S/C34H32ClNO5/c35-27-12-9-25-10-14-28(36-32(25)21-27)13-8-23-4-3-5-26(20-23)34(39-18-19-40-34)17-16-24-11-15-30(22-31(24)33(37)38)41-29-6-1-2-7-29/h3-5,8-15,20-22,29H,1-2,6-7,16-19H2,(H,37,38)/b13-8+. The van der Waals surface area contributed by atoms with Crippen LogP contribution in [0.2, 0.25) is 5.02 Å². The van der Waals surface area contributed by atoms with Gasteiger partial charge in [-0.15, -0.1) is 0 Å². The van der Waals surface area contributed by atoms with Crippen molar-refractivity contribution in [3.8, 4) is 5.75 Å². The van der Waals surface area contributed by atoms with E-state index in [1.165, 1.54) is 0 Å². The second-order valence-electron chi connectivity index (χ2n) is 10.6. The topological polar surface area (TPSA) is 77.9 Å². The molecule has 2 aliphatic rings. The van der Waals surface area contributed by atoms with E-state index < -0.39 is 11.8 Å². The number of aryl methyl sites for hydroxylation is 1. The van der Waals surface area contributed by atoms with Crippen molar-refractivity contribution in [2.24, 2.45) is 0 Å². The summed E-state index contributed by atoms with van der Waals surface area (Å²) in [4.78, 5) is 16.8. The van der Waals surface area contributed by atoms with Crippen LogP contribution < -0.4 is 4.74 Å². The summed E-state index contributed by atoms with van der Waals surface area (Å²) in [5, 5.41) is 11.6. The van der Waals surface area contributed by atoms with Gasteiger partial charge < -0.3 is 19.3 Å². The van der Waals surface area contributed by atoms with Crippen molar-refractivity contribution in [1.29, 1.82) is 0 Å². The highest BCUT2D eigenvalue weighted by atomic mass is 35.5. The van der Waals surface area contributed by atoms with Crippen LogP contribution in [0.5, 0.6) is 5.75 Å². The van der Waals surface area contributed by atoms with Gasteiger partial charge in [0, 0.05) is 22.4 Å². The van der Waals surface area contributed by atoms with Crippen LogP contribution >= 0.6 is 11.6 Å². The second-order valence-corrected chi connectivity index (χ2v) is 11.1. The Morgan fingerprint density at radius 1 is 1.00 bits per heavy atom. The molecule has 1 aromatic heterocycles. The van der Waals surface area contributed by atoms with Crippen LogP contribution in [0.25, 0.3) is 23.1 Å². The number of rotatable bonds is 9. The maximum atomic E-state index is 12.1. The summed E-state index contributed by atoms with van der Waals surface area (Å²) in [6.07, 6.45) is 9.46. The first kappa shape index (κ1) is 27.5. The van der Waals surface area contributed by atoms with Crippen LogP contribution in [0.4, 0.5) is 0 Å². The lowest BCUT2D eigenvalue weighted by Gasteiger charge is -2.28. The van der Waals surface area contributed by atoms with Crippen LogP contribution in [0, 0.1) is 0 Å². The highest BCUT2D eigenvalue weighted by Crippen LogP contribution is 2.37. The van der Waals surface area contributed by atoms with Gasteiger partial charge >= 0.3 is 5.97 Å². The van der Waals surface area contributed by atoms with Crippen molar-refractivity contribution in [1.82, 2.24) is 4.98 Å². The largest absolute Gasteiger partial charge is 0.490 e. The Bertz CT molecular complexity index is 1590. The molecule has 0 bridgehead atoms. The van der Waals surface area contributed by atoms with Crippen molar-refractivity contribution >= 4 is 40.6 Å². The zero-order valence-corrected chi connectivity index (χ0v) is 23.5. The average Bonchev–Trinajstić information content (AvgIpc) is 3.68. The first-order valence-electron chi connectivity index (χ1n) is 14.1. The molecule has 0 spiro atoms. The molecule has 2 fully saturated rings. The predicted octanol–water partition coefficient (Wildman–Crippen LogP) is 7.91. The smallest absolute Gasteiger partial charge is 0.336 e. The molecule has 6 nitrogen and oxygen atoms in total. The predicted molar refractivity (Wildman–Crippen MR) is 160 cm³/mol. The summed E-state index contributed by atoms with van der Waals surface area (Å²) in [6.45, 7) is 0.952. The third-order valence-corrected chi connectivity index (χ3v) is 8.08. The van der Waals surface area contributed by atoms with E-state index >= 15 is 0 Å². The van der Waals surface area contributed by atoms with Gasteiger partial charge in [-0.25, -0.2) is 9.78 Å². The fourth-order valence-electron chi connectivity index (χ4n) is 5.71. The van der Waals surface area contributed by atoms with Gasteiger partial charge in [0.05, 0.1) is 36.1 Å². The first-order valence-corrected chi connectivity index (χ1v) is 14.5. The summed E-state index contributed by atoms with van der Waals surface area (Å²) >= 11 is 6.15. The van der Waals surface area contributed by atoms with Crippen molar-refractivity contribution in [2.45, 2.75) is 50.4 Å². The Morgan fingerprint density at radius 3 is 2.61 bits per heavy atom. The van der Waals surface area contributed by atoms with E-state index in [0.29, 0.717) is 36.8 Å². The molecule has 7 heteroatoms. The van der Waals surface area contributed by atoms with E-state index in [1.807, 2.05) is 72.8 Å². The number of hydrogen-bond donors (Lipinski definition) is 1. The van der Waals surface area contributed by atoms with Gasteiger partial charge in [-0.3, -0.25) is 0 Å². The number of ether oxygens (including phenoxy) is 3. The molecule has 3 aromatic carbocycles. The molecule has 1 saturated carbocycles. The maximum Gasteiger partial charge on any atom is 0.336 e. The molecule has 2 heterocycles. The molecule has 0 atom stereocenters. The minimum atomic E-state index is -0.962. The van der Waals surface area contributed by atoms with E-state index in [9.17, 15) is 9.90 Å². The lowest BCUT2D eigenvalue weighted by Crippen LogP contribution is -2.28. The number of pyridine rings is 1. The molecule has 41 heavy (non-hydrogen) atoms. The minimum Gasteiger partial charge on any atom is -0.490 e. The Kier molecular flexibility index (Phi) is 8.06. The van der Waals surface area contributed by atoms with Gasteiger partial charge in [0.15, 0.2) is 5.79 Å². The molecule has 4 aromatic rings. The van der Waals surface area contributed by atoms with Crippen LogP contribution in [-0.4, -0.2) is 35.4 Å². The van der Waals surface area contributed by atoms with Crippen LogP contribution in [0.1, 0.15) is 64.8 Å². The lowest BCUT2D eigenvalue weighted by molar-refractivity contribution is -0.170. The van der Waals surface area contributed by atoms with Gasteiger partial charge in [-0.1, -0.05) is 54.1 Å². The number of benzene rings is 3. The van der Waals surface area contributed by atoms with E-state index in [1.54, 1.807) is 6.07 Å². The average molecular weight is 570 g/mol. The van der Waals surface area contributed by atoms with Gasteiger partial charge in [-0.05, 0) is 85.7 Å². The number of nitrogens with zero attached hydrogens (tertiary/aromatic N) is 1. The van der Waals surface area contributed by atoms with Gasteiger partial charge in [0.25, 0.3) is 0 Å². The summed E-state index contributed by atoms with van der Waals surface area (Å²) < 4.78 is 18.4. The number of carbonyl (C=O) groups is 1. The third-order valence-electron chi connectivity index (χ3n) is 7.84. The minimum absolute atomic E-state index is 0.169. The summed E-state index contributed by atoms with van der Waals surface area (Å²) in [7, 11) is 0. The van der Waals surface area contributed by atoms with Gasteiger partial charge in [0.2, 0.25) is 0 Å². The molecule has 0 amide bonds. The Labute approximate surface area is 244 Å². The second kappa shape index (κ2) is 12.0. The lowest BCUT2D eigenvalue weighted by atomic mass is 9.94. The fraction of sp³-hybridized carbons (Fsp3) is 0.294. The van der Waals surface area contributed by atoms with E-state index in [-0.39, 0.29) is 11.7 Å². The molecular weight excluding hydrogens is 538 g/mol. The Balaban J connectivity index is 1.20. The first-order chi connectivity index (χ1) is 20.0. The number of halogens is 1. The molecule has 6 rings (SSSR count). The van der Waals surface area contributed by atoms with Crippen LogP contribution in [0.15, 0.2) is 72.8 Å². The molecule has 0 radical (unpaired) electrons. The Morgan fingerprint density at radius 2 is 1.80 bits per heavy atom. The highest BCUT2D eigenvalue weighted by molar-refractivity contribution is 6.31. The number of aromatic nitrogens is 1. The van der Waals surface area contributed by atoms with Crippen LogP contribution in [-0.2, 0) is 21.7 Å². The molecule has 1 aliphatic carbocycles. The van der Waals surface area contributed by atoms with Crippen molar-refractivity contribution in [2.75, 3.05) is 13.2 Å². The maximum absolute atomic E-state index is 12.1. The van der Waals surface area contributed by atoms with Crippen LogP contribution in [0.3, 0.4) is 0 Å². The zero-order chi connectivity index (χ0) is 28.2. The van der Waals surface area contributed by atoms with Crippen molar-refractivity contribution in [3.05, 3.63) is 106 Å². The number of carboxylic acids is 1. The van der Waals surface area contributed by atoms with E-state index in [4.69, 9.17) is 30.8 Å². The number of carboxylic acid groups (broad SMARTS) is 1. The third kappa shape index (κ3) is 6.30. The highest BCUT2D eigenvalue weighted by Gasteiger charge is 2.38. The molecule has 1 aliphatic heterocycles. The van der Waals surface area contributed by atoms with E-state index in [2.05, 4.69) is 6.07 Å². The summed E-state index contributed by atoms with van der Waals surface area (Å²) in [5.41, 5.74) is 4.54. The monoisotopic (exact) mass is 569 g/mol. The normalized spacial score (nSPS) is 17.0. The molecular formula is C34H32ClNO5. The fourth-order valence-corrected chi connectivity index (χ4v) is 5.88. The summed E-state index contributed by atoms with van der Waals surface area (Å²) in [5.74, 6) is -1.29. The molecule has 210 valence electrons. The quantitative estimate of drug-likeness (QED) is 0.221.